The summed E-state index contributed by atoms with van der Waals surface area (Å²) >= 11 is 0. The molecule has 88 valence electrons. The van der Waals surface area contributed by atoms with Gasteiger partial charge in [0.25, 0.3) is 0 Å². The Morgan fingerprint density at radius 1 is 1.33 bits per heavy atom. The number of carbonyl (C=O) groups is 2. The number of aliphatic carboxylic acids is 1. The van der Waals surface area contributed by atoms with Crippen molar-refractivity contribution in [1.82, 2.24) is 5.32 Å². The van der Waals surface area contributed by atoms with Crippen LogP contribution in [-0.4, -0.2) is 28.1 Å². The van der Waals surface area contributed by atoms with Gasteiger partial charge in [-0.3, -0.25) is 4.79 Å². The molecule has 0 saturated carbocycles. The van der Waals surface area contributed by atoms with Gasteiger partial charge in [-0.25, -0.2) is 4.79 Å². The van der Waals surface area contributed by atoms with E-state index in [-0.39, 0.29) is 0 Å². The first-order valence-electron chi connectivity index (χ1n) is 4.98. The molecule has 0 rings (SSSR count). The molecule has 1 unspecified atom stereocenters. The predicted octanol–water partition coefficient (Wildman–Crippen LogP) is 0.483. The number of carboxylic acids is 1. The number of hydrogen-bond acceptors (Lipinski definition) is 3. The Labute approximate surface area is 90.0 Å². The standard InChI is InChI=1S/C10H20N2O3/c1-5-6-10(4,8(14)15)12-7(13)9(2,3)11/h5-6,11H2,1-4H3,(H,12,13)(H,14,15). The van der Waals surface area contributed by atoms with Crippen molar-refractivity contribution >= 4 is 11.9 Å². The first-order valence-corrected chi connectivity index (χ1v) is 4.98. The van der Waals surface area contributed by atoms with E-state index >= 15 is 0 Å². The Bertz CT molecular complexity index is 258. The van der Waals surface area contributed by atoms with Gasteiger partial charge < -0.3 is 16.2 Å². The maximum atomic E-state index is 11.6. The van der Waals surface area contributed by atoms with E-state index in [0.717, 1.165) is 0 Å². The van der Waals surface area contributed by atoms with Crippen molar-refractivity contribution in [3.05, 3.63) is 0 Å². The van der Waals surface area contributed by atoms with Crippen LogP contribution in [0.3, 0.4) is 0 Å². The van der Waals surface area contributed by atoms with Crippen molar-refractivity contribution in [1.29, 1.82) is 0 Å². The summed E-state index contributed by atoms with van der Waals surface area (Å²) in [6.45, 7) is 6.43. The van der Waals surface area contributed by atoms with Crippen molar-refractivity contribution in [3.8, 4) is 0 Å². The molecule has 0 aromatic heterocycles. The van der Waals surface area contributed by atoms with Crippen LogP contribution in [0.4, 0.5) is 0 Å². The third-order valence-electron chi connectivity index (χ3n) is 2.20. The van der Waals surface area contributed by atoms with Gasteiger partial charge in [0.15, 0.2) is 0 Å². The lowest BCUT2D eigenvalue weighted by molar-refractivity contribution is -0.147. The lowest BCUT2D eigenvalue weighted by Crippen LogP contribution is -2.59. The monoisotopic (exact) mass is 216 g/mol. The van der Waals surface area contributed by atoms with Crippen LogP contribution in [0.1, 0.15) is 40.5 Å². The van der Waals surface area contributed by atoms with Crippen molar-refractivity contribution in [3.63, 3.8) is 0 Å². The topological polar surface area (TPSA) is 92.4 Å². The Morgan fingerprint density at radius 2 is 1.80 bits per heavy atom. The largest absolute Gasteiger partial charge is 0.480 e. The Kier molecular flexibility index (Phi) is 4.27. The molecule has 0 spiro atoms. The Balaban J connectivity index is 4.71. The number of amides is 1. The Hall–Kier alpha value is -1.10. The second kappa shape index (κ2) is 4.61. The Morgan fingerprint density at radius 3 is 2.07 bits per heavy atom. The first-order chi connectivity index (χ1) is 6.63. The fourth-order valence-electron chi connectivity index (χ4n) is 1.13. The van der Waals surface area contributed by atoms with E-state index in [9.17, 15) is 9.59 Å². The molecule has 1 atom stereocenters. The highest BCUT2D eigenvalue weighted by Crippen LogP contribution is 2.14. The van der Waals surface area contributed by atoms with Crippen molar-refractivity contribution in [2.45, 2.75) is 51.6 Å². The summed E-state index contributed by atoms with van der Waals surface area (Å²) in [5.74, 6) is -1.50. The van der Waals surface area contributed by atoms with E-state index in [1.807, 2.05) is 6.92 Å². The molecule has 0 aromatic rings. The zero-order chi connectivity index (χ0) is 12.3. The van der Waals surface area contributed by atoms with Crippen molar-refractivity contribution < 1.29 is 14.7 Å². The number of carboxylic acid groups (broad SMARTS) is 1. The molecular formula is C10H20N2O3. The zero-order valence-electron chi connectivity index (χ0n) is 9.76. The quantitative estimate of drug-likeness (QED) is 0.623. The van der Waals surface area contributed by atoms with Crippen LogP contribution < -0.4 is 11.1 Å². The lowest BCUT2D eigenvalue weighted by atomic mass is 9.94. The van der Waals surface area contributed by atoms with Crippen LogP contribution in [0.2, 0.25) is 0 Å². The molecule has 15 heavy (non-hydrogen) atoms. The summed E-state index contributed by atoms with van der Waals surface area (Å²) in [5, 5.41) is 11.5. The summed E-state index contributed by atoms with van der Waals surface area (Å²) in [6, 6.07) is 0. The molecule has 5 nitrogen and oxygen atoms in total. The predicted molar refractivity (Wildman–Crippen MR) is 57.4 cm³/mol. The maximum Gasteiger partial charge on any atom is 0.329 e. The molecule has 1 amide bonds. The smallest absolute Gasteiger partial charge is 0.329 e. The van der Waals surface area contributed by atoms with Gasteiger partial charge in [0.1, 0.15) is 5.54 Å². The molecule has 0 aliphatic rings. The number of nitrogens with one attached hydrogen (secondary N) is 1. The van der Waals surface area contributed by atoms with Crippen molar-refractivity contribution in [2.24, 2.45) is 5.73 Å². The molecule has 0 aliphatic carbocycles. The maximum absolute atomic E-state index is 11.6. The summed E-state index contributed by atoms with van der Waals surface area (Å²) in [4.78, 5) is 22.6. The second-order valence-electron chi connectivity index (χ2n) is 4.56. The van der Waals surface area contributed by atoms with Crippen LogP contribution in [0.25, 0.3) is 0 Å². The van der Waals surface area contributed by atoms with Gasteiger partial charge in [0.2, 0.25) is 5.91 Å². The molecule has 0 radical (unpaired) electrons. The van der Waals surface area contributed by atoms with Crippen LogP contribution in [0.15, 0.2) is 0 Å². The third kappa shape index (κ3) is 3.87. The van der Waals surface area contributed by atoms with Crippen LogP contribution in [0.5, 0.6) is 0 Å². The molecular weight excluding hydrogens is 196 g/mol. The van der Waals surface area contributed by atoms with Gasteiger partial charge in [-0.1, -0.05) is 13.3 Å². The second-order valence-corrected chi connectivity index (χ2v) is 4.56. The average molecular weight is 216 g/mol. The summed E-state index contributed by atoms with van der Waals surface area (Å²) in [7, 11) is 0. The fourth-order valence-corrected chi connectivity index (χ4v) is 1.13. The normalized spacial score (nSPS) is 15.5. The minimum absolute atomic E-state index is 0.379. The van der Waals surface area contributed by atoms with Gasteiger partial charge in [-0.2, -0.15) is 0 Å². The van der Waals surface area contributed by atoms with E-state index in [1.165, 1.54) is 20.8 Å². The summed E-state index contributed by atoms with van der Waals surface area (Å²) in [5.41, 5.74) is 3.28. The number of carbonyl (C=O) groups excluding carboxylic acids is 1. The van der Waals surface area contributed by atoms with Crippen LogP contribution in [0, 0.1) is 0 Å². The minimum atomic E-state index is -1.23. The van der Waals surface area contributed by atoms with E-state index < -0.39 is 23.0 Å². The highest BCUT2D eigenvalue weighted by molar-refractivity contribution is 5.91. The number of rotatable bonds is 5. The third-order valence-corrected chi connectivity index (χ3v) is 2.20. The number of hydrogen-bond donors (Lipinski definition) is 3. The molecule has 0 saturated heterocycles. The van der Waals surface area contributed by atoms with Crippen LogP contribution in [-0.2, 0) is 9.59 Å². The fraction of sp³-hybridized carbons (Fsp3) is 0.800. The first kappa shape index (κ1) is 13.9. The van der Waals surface area contributed by atoms with Gasteiger partial charge >= 0.3 is 5.97 Å². The van der Waals surface area contributed by atoms with E-state index in [2.05, 4.69) is 5.32 Å². The molecule has 4 N–H and O–H groups in total. The zero-order valence-corrected chi connectivity index (χ0v) is 9.76. The molecule has 0 bridgehead atoms. The van der Waals surface area contributed by atoms with Gasteiger partial charge in [0, 0.05) is 0 Å². The highest BCUT2D eigenvalue weighted by atomic mass is 16.4. The SMILES string of the molecule is CCCC(C)(NC(=O)C(C)(C)N)C(=O)O. The van der Waals surface area contributed by atoms with Gasteiger partial charge in [-0.05, 0) is 27.2 Å². The molecule has 0 heterocycles. The van der Waals surface area contributed by atoms with E-state index in [4.69, 9.17) is 10.8 Å². The van der Waals surface area contributed by atoms with Crippen LogP contribution >= 0.6 is 0 Å². The molecule has 0 aliphatic heterocycles. The molecule has 5 heteroatoms. The molecule has 0 aromatic carbocycles. The number of nitrogens with two attached hydrogens (primary N) is 1. The summed E-state index contributed by atoms with van der Waals surface area (Å²) in [6.07, 6.45) is 1.05. The minimum Gasteiger partial charge on any atom is -0.480 e. The van der Waals surface area contributed by atoms with E-state index in [0.29, 0.717) is 12.8 Å². The summed E-state index contributed by atoms with van der Waals surface area (Å²) < 4.78 is 0. The molecule has 0 fully saturated rings. The van der Waals surface area contributed by atoms with Gasteiger partial charge in [-0.15, -0.1) is 0 Å². The van der Waals surface area contributed by atoms with Gasteiger partial charge in [0.05, 0.1) is 5.54 Å². The average Bonchev–Trinajstić information content (AvgIpc) is 2.02. The lowest BCUT2D eigenvalue weighted by Gasteiger charge is -2.29. The van der Waals surface area contributed by atoms with Crippen molar-refractivity contribution in [2.75, 3.05) is 0 Å². The van der Waals surface area contributed by atoms with E-state index in [1.54, 1.807) is 0 Å². The highest BCUT2D eigenvalue weighted by Gasteiger charge is 2.36.